The van der Waals surface area contributed by atoms with E-state index in [4.69, 9.17) is 22.1 Å². The number of aromatic nitrogens is 1. The molecule has 4 heteroatoms. The Morgan fingerprint density at radius 1 is 1.19 bits per heavy atom. The standard InChI is InChI=1S/C12H11ClN2O/c13-10-5-1-2-6-11(10)16-12-9(8-14)4-3-7-15-12/h1-7H,8,14H2. The van der Waals surface area contributed by atoms with Crippen LogP contribution in [-0.4, -0.2) is 4.98 Å². The summed E-state index contributed by atoms with van der Waals surface area (Å²) < 4.78 is 5.61. The molecular formula is C12H11ClN2O. The molecule has 16 heavy (non-hydrogen) atoms. The summed E-state index contributed by atoms with van der Waals surface area (Å²) in [6.07, 6.45) is 1.66. The second-order valence-corrected chi connectivity index (χ2v) is 3.61. The quantitative estimate of drug-likeness (QED) is 0.888. The highest BCUT2D eigenvalue weighted by molar-refractivity contribution is 6.32. The van der Waals surface area contributed by atoms with Crippen molar-refractivity contribution < 1.29 is 4.74 Å². The lowest BCUT2D eigenvalue weighted by Gasteiger charge is -2.09. The first-order valence-corrected chi connectivity index (χ1v) is 5.25. The maximum absolute atomic E-state index is 5.99. The van der Waals surface area contributed by atoms with Crippen LogP contribution in [0.25, 0.3) is 0 Å². The van der Waals surface area contributed by atoms with Gasteiger partial charge in [-0.1, -0.05) is 29.8 Å². The van der Waals surface area contributed by atoms with E-state index >= 15 is 0 Å². The van der Waals surface area contributed by atoms with Crippen molar-refractivity contribution in [2.45, 2.75) is 6.54 Å². The number of nitrogens with two attached hydrogens (primary N) is 1. The van der Waals surface area contributed by atoms with Crippen LogP contribution in [0.4, 0.5) is 0 Å². The molecule has 2 rings (SSSR count). The molecule has 0 aliphatic carbocycles. The summed E-state index contributed by atoms with van der Waals surface area (Å²) >= 11 is 5.99. The van der Waals surface area contributed by atoms with Gasteiger partial charge in [-0.3, -0.25) is 0 Å². The molecular weight excluding hydrogens is 224 g/mol. The molecule has 0 saturated heterocycles. The molecule has 1 aromatic carbocycles. The molecule has 0 spiro atoms. The topological polar surface area (TPSA) is 48.1 Å². The Bertz CT molecular complexity index is 488. The largest absolute Gasteiger partial charge is 0.437 e. The van der Waals surface area contributed by atoms with Crippen molar-refractivity contribution in [2.75, 3.05) is 0 Å². The van der Waals surface area contributed by atoms with Gasteiger partial charge in [0, 0.05) is 18.3 Å². The molecule has 0 fully saturated rings. The van der Waals surface area contributed by atoms with Crippen molar-refractivity contribution in [3.8, 4) is 11.6 Å². The van der Waals surface area contributed by atoms with Crippen LogP contribution in [-0.2, 0) is 6.54 Å². The SMILES string of the molecule is NCc1cccnc1Oc1ccccc1Cl. The van der Waals surface area contributed by atoms with Crippen molar-refractivity contribution in [3.05, 3.63) is 53.2 Å². The van der Waals surface area contributed by atoms with Crippen LogP contribution in [0.15, 0.2) is 42.6 Å². The molecule has 0 amide bonds. The summed E-state index contributed by atoms with van der Waals surface area (Å²) in [5.41, 5.74) is 6.44. The average molecular weight is 235 g/mol. The summed E-state index contributed by atoms with van der Waals surface area (Å²) in [4.78, 5) is 4.13. The lowest BCUT2D eigenvalue weighted by atomic mass is 10.3. The molecule has 0 aliphatic rings. The van der Waals surface area contributed by atoms with E-state index in [1.54, 1.807) is 18.3 Å². The van der Waals surface area contributed by atoms with E-state index in [0.717, 1.165) is 5.56 Å². The predicted octanol–water partition coefficient (Wildman–Crippen LogP) is 2.99. The third kappa shape index (κ3) is 2.32. The molecule has 1 heterocycles. The second-order valence-electron chi connectivity index (χ2n) is 3.20. The van der Waals surface area contributed by atoms with Gasteiger partial charge in [0.05, 0.1) is 5.02 Å². The summed E-state index contributed by atoms with van der Waals surface area (Å²) in [5, 5.41) is 0.552. The monoisotopic (exact) mass is 234 g/mol. The molecule has 0 aliphatic heterocycles. The first-order chi connectivity index (χ1) is 7.81. The van der Waals surface area contributed by atoms with E-state index in [2.05, 4.69) is 4.98 Å². The molecule has 0 unspecified atom stereocenters. The van der Waals surface area contributed by atoms with Gasteiger partial charge in [-0.05, 0) is 18.2 Å². The Morgan fingerprint density at radius 2 is 2.00 bits per heavy atom. The van der Waals surface area contributed by atoms with Crippen LogP contribution < -0.4 is 10.5 Å². The molecule has 0 bridgehead atoms. The normalized spacial score (nSPS) is 10.1. The minimum atomic E-state index is 0.383. The van der Waals surface area contributed by atoms with Crippen molar-refractivity contribution in [2.24, 2.45) is 5.73 Å². The van der Waals surface area contributed by atoms with Gasteiger partial charge in [0.2, 0.25) is 5.88 Å². The summed E-state index contributed by atoms with van der Waals surface area (Å²) in [6, 6.07) is 10.9. The van der Waals surface area contributed by atoms with Gasteiger partial charge < -0.3 is 10.5 Å². The maximum Gasteiger partial charge on any atom is 0.223 e. The van der Waals surface area contributed by atoms with Crippen LogP contribution in [0.3, 0.4) is 0 Å². The van der Waals surface area contributed by atoms with Crippen molar-refractivity contribution in [3.63, 3.8) is 0 Å². The first-order valence-electron chi connectivity index (χ1n) is 4.87. The number of nitrogens with zero attached hydrogens (tertiary/aromatic N) is 1. The van der Waals surface area contributed by atoms with Crippen LogP contribution in [0.5, 0.6) is 11.6 Å². The molecule has 1 aromatic heterocycles. The van der Waals surface area contributed by atoms with E-state index in [1.165, 1.54) is 0 Å². The van der Waals surface area contributed by atoms with Crippen molar-refractivity contribution in [1.29, 1.82) is 0 Å². The van der Waals surface area contributed by atoms with E-state index in [1.807, 2.05) is 24.3 Å². The Morgan fingerprint density at radius 3 is 2.75 bits per heavy atom. The molecule has 3 nitrogen and oxygen atoms in total. The maximum atomic E-state index is 5.99. The van der Waals surface area contributed by atoms with Gasteiger partial charge in [0.1, 0.15) is 5.75 Å². The van der Waals surface area contributed by atoms with Crippen LogP contribution >= 0.6 is 11.6 Å². The molecule has 0 radical (unpaired) electrons. The molecule has 0 saturated carbocycles. The van der Waals surface area contributed by atoms with Crippen LogP contribution in [0.2, 0.25) is 5.02 Å². The lowest BCUT2D eigenvalue weighted by Crippen LogP contribution is -2.00. The number of para-hydroxylation sites is 1. The van der Waals surface area contributed by atoms with Gasteiger partial charge in [0.25, 0.3) is 0 Å². The third-order valence-electron chi connectivity index (χ3n) is 2.11. The van der Waals surface area contributed by atoms with Crippen LogP contribution in [0.1, 0.15) is 5.56 Å². The average Bonchev–Trinajstić information content (AvgIpc) is 2.33. The van der Waals surface area contributed by atoms with Gasteiger partial charge in [-0.15, -0.1) is 0 Å². The van der Waals surface area contributed by atoms with Gasteiger partial charge in [-0.25, -0.2) is 4.98 Å². The highest BCUT2D eigenvalue weighted by Crippen LogP contribution is 2.29. The van der Waals surface area contributed by atoms with E-state index < -0.39 is 0 Å². The number of ether oxygens (including phenoxy) is 1. The summed E-state index contributed by atoms with van der Waals surface area (Å²) in [6.45, 7) is 0.383. The summed E-state index contributed by atoms with van der Waals surface area (Å²) in [7, 11) is 0. The summed E-state index contributed by atoms with van der Waals surface area (Å²) in [5.74, 6) is 1.08. The predicted molar refractivity (Wildman–Crippen MR) is 63.7 cm³/mol. The third-order valence-corrected chi connectivity index (χ3v) is 2.43. The zero-order valence-electron chi connectivity index (χ0n) is 8.56. The number of hydrogen-bond acceptors (Lipinski definition) is 3. The molecule has 82 valence electrons. The molecule has 0 atom stereocenters. The minimum Gasteiger partial charge on any atom is -0.437 e. The smallest absolute Gasteiger partial charge is 0.223 e. The second kappa shape index (κ2) is 4.96. The zero-order chi connectivity index (χ0) is 11.4. The number of benzene rings is 1. The van der Waals surface area contributed by atoms with Crippen molar-refractivity contribution in [1.82, 2.24) is 4.98 Å². The zero-order valence-corrected chi connectivity index (χ0v) is 9.32. The van der Waals surface area contributed by atoms with E-state index in [0.29, 0.717) is 23.2 Å². The van der Waals surface area contributed by atoms with Gasteiger partial charge in [0.15, 0.2) is 0 Å². The highest BCUT2D eigenvalue weighted by Gasteiger charge is 2.06. The number of pyridine rings is 1. The fourth-order valence-corrected chi connectivity index (χ4v) is 1.48. The Labute approximate surface area is 98.8 Å². The lowest BCUT2D eigenvalue weighted by molar-refractivity contribution is 0.456. The molecule has 2 aromatic rings. The first kappa shape index (κ1) is 10.9. The molecule has 2 N–H and O–H groups in total. The Balaban J connectivity index is 2.30. The highest BCUT2D eigenvalue weighted by atomic mass is 35.5. The number of rotatable bonds is 3. The number of hydrogen-bond donors (Lipinski definition) is 1. The Hall–Kier alpha value is -1.58. The fraction of sp³-hybridized carbons (Fsp3) is 0.0833. The fourth-order valence-electron chi connectivity index (χ4n) is 1.30. The van der Waals surface area contributed by atoms with Gasteiger partial charge in [-0.2, -0.15) is 0 Å². The van der Waals surface area contributed by atoms with E-state index in [9.17, 15) is 0 Å². The number of halogens is 1. The van der Waals surface area contributed by atoms with Gasteiger partial charge >= 0.3 is 0 Å². The Kier molecular flexibility index (Phi) is 3.39. The van der Waals surface area contributed by atoms with Crippen LogP contribution in [0, 0.1) is 0 Å². The van der Waals surface area contributed by atoms with Crippen molar-refractivity contribution >= 4 is 11.6 Å². The minimum absolute atomic E-state index is 0.383. The van der Waals surface area contributed by atoms with E-state index in [-0.39, 0.29) is 0 Å².